The van der Waals surface area contributed by atoms with Crippen LogP contribution in [-0.4, -0.2) is 16.7 Å². The molecule has 2 heterocycles. The highest BCUT2D eigenvalue weighted by atomic mass is 16.5. The summed E-state index contributed by atoms with van der Waals surface area (Å²) in [4.78, 5) is 4.53. The number of rotatable bonds is 6. The van der Waals surface area contributed by atoms with Gasteiger partial charge in [-0.15, -0.1) is 0 Å². The van der Waals surface area contributed by atoms with Crippen LogP contribution in [0.3, 0.4) is 0 Å². The fraction of sp³-hybridized carbons (Fsp3) is 0.500. The third-order valence-electron chi connectivity index (χ3n) is 3.91. The maximum Gasteiger partial charge on any atom is 0.247 e. The van der Waals surface area contributed by atoms with Crippen LogP contribution in [0.1, 0.15) is 44.3 Å². The molecule has 0 amide bonds. The summed E-state index contributed by atoms with van der Waals surface area (Å²) in [6, 6.07) is 9.67. The Labute approximate surface area is 124 Å². The molecule has 1 unspecified atom stereocenters. The van der Waals surface area contributed by atoms with Gasteiger partial charge < -0.3 is 14.6 Å². The lowest BCUT2D eigenvalue weighted by molar-refractivity contribution is 0.238. The van der Waals surface area contributed by atoms with E-state index in [0.717, 1.165) is 38.0 Å². The molecule has 1 fully saturated rings. The standard InChI is InChI=1S/C16H21N3O2/c1-2-9-16(10-6-11-17-16)15-18-14(19-21-15)12-20-13-7-4-3-5-8-13/h3-5,7-8,17H,2,6,9-12H2,1H3. The minimum atomic E-state index is -0.132. The second-order valence-corrected chi connectivity index (χ2v) is 5.48. The maximum atomic E-state index is 5.66. The minimum absolute atomic E-state index is 0.132. The Morgan fingerprint density at radius 1 is 1.33 bits per heavy atom. The van der Waals surface area contributed by atoms with Crippen LogP contribution in [0.2, 0.25) is 0 Å². The normalized spacial score (nSPS) is 21.6. The first-order valence-electron chi connectivity index (χ1n) is 7.58. The van der Waals surface area contributed by atoms with E-state index in [1.165, 1.54) is 0 Å². The second-order valence-electron chi connectivity index (χ2n) is 5.48. The van der Waals surface area contributed by atoms with Gasteiger partial charge in [0.05, 0.1) is 5.54 Å². The van der Waals surface area contributed by atoms with Crippen LogP contribution < -0.4 is 10.1 Å². The topological polar surface area (TPSA) is 60.2 Å². The predicted octanol–water partition coefficient (Wildman–Crippen LogP) is 3.03. The smallest absolute Gasteiger partial charge is 0.247 e. The van der Waals surface area contributed by atoms with Crippen LogP contribution in [-0.2, 0) is 12.1 Å². The van der Waals surface area contributed by atoms with Gasteiger partial charge in [0, 0.05) is 0 Å². The van der Waals surface area contributed by atoms with E-state index in [2.05, 4.69) is 22.4 Å². The molecule has 1 saturated heterocycles. The third-order valence-corrected chi connectivity index (χ3v) is 3.91. The number of ether oxygens (including phenoxy) is 1. The molecule has 5 heteroatoms. The van der Waals surface area contributed by atoms with E-state index in [9.17, 15) is 0 Å². The average molecular weight is 287 g/mol. The van der Waals surface area contributed by atoms with Crippen LogP contribution in [0.15, 0.2) is 34.9 Å². The molecule has 0 bridgehead atoms. The van der Waals surface area contributed by atoms with Crippen LogP contribution >= 0.6 is 0 Å². The molecule has 5 nitrogen and oxygen atoms in total. The first-order valence-corrected chi connectivity index (χ1v) is 7.58. The first-order chi connectivity index (χ1) is 10.3. The minimum Gasteiger partial charge on any atom is -0.485 e. The Balaban J connectivity index is 1.68. The third kappa shape index (κ3) is 3.08. The van der Waals surface area contributed by atoms with E-state index in [1.54, 1.807) is 0 Å². The molecule has 1 N–H and O–H groups in total. The van der Waals surface area contributed by atoms with E-state index in [0.29, 0.717) is 18.3 Å². The van der Waals surface area contributed by atoms with Crippen LogP contribution in [0, 0.1) is 0 Å². The molecular formula is C16H21N3O2. The Kier molecular flexibility index (Phi) is 4.20. The average Bonchev–Trinajstić information content (AvgIpc) is 3.16. The zero-order valence-electron chi connectivity index (χ0n) is 12.3. The number of benzene rings is 1. The molecule has 112 valence electrons. The zero-order chi connectivity index (χ0) is 14.5. The molecule has 0 spiro atoms. The van der Waals surface area contributed by atoms with Crippen LogP contribution in [0.25, 0.3) is 0 Å². The Morgan fingerprint density at radius 3 is 2.90 bits per heavy atom. The summed E-state index contributed by atoms with van der Waals surface area (Å²) in [5.41, 5.74) is -0.132. The molecule has 2 aromatic rings. The van der Waals surface area contributed by atoms with Gasteiger partial charge in [-0.3, -0.25) is 0 Å². The summed E-state index contributed by atoms with van der Waals surface area (Å²) in [7, 11) is 0. The Morgan fingerprint density at radius 2 is 2.19 bits per heavy atom. The summed E-state index contributed by atoms with van der Waals surface area (Å²) in [6.07, 6.45) is 4.32. The van der Waals surface area contributed by atoms with E-state index in [4.69, 9.17) is 9.26 Å². The summed E-state index contributed by atoms with van der Waals surface area (Å²) in [5, 5.41) is 7.59. The highest BCUT2D eigenvalue weighted by Crippen LogP contribution is 2.34. The van der Waals surface area contributed by atoms with Gasteiger partial charge >= 0.3 is 0 Å². The fourth-order valence-electron chi connectivity index (χ4n) is 2.91. The van der Waals surface area contributed by atoms with Crippen molar-refractivity contribution in [1.29, 1.82) is 0 Å². The first kappa shape index (κ1) is 14.1. The van der Waals surface area contributed by atoms with Crippen molar-refractivity contribution >= 4 is 0 Å². The van der Waals surface area contributed by atoms with E-state index in [-0.39, 0.29) is 5.54 Å². The largest absolute Gasteiger partial charge is 0.485 e. The van der Waals surface area contributed by atoms with Crippen molar-refractivity contribution in [2.45, 2.75) is 44.8 Å². The van der Waals surface area contributed by atoms with Gasteiger partial charge in [0.15, 0.2) is 6.61 Å². The number of nitrogens with zero attached hydrogens (tertiary/aromatic N) is 2. The molecule has 0 saturated carbocycles. The number of aromatic nitrogens is 2. The molecule has 1 aromatic carbocycles. The summed E-state index contributed by atoms with van der Waals surface area (Å²) in [5.74, 6) is 2.11. The van der Waals surface area contributed by atoms with E-state index >= 15 is 0 Å². The molecule has 3 rings (SSSR count). The van der Waals surface area contributed by atoms with Gasteiger partial charge in [-0.2, -0.15) is 4.98 Å². The monoisotopic (exact) mass is 287 g/mol. The number of nitrogens with one attached hydrogen (secondary N) is 1. The number of hydrogen-bond donors (Lipinski definition) is 1. The lowest BCUT2D eigenvalue weighted by Crippen LogP contribution is -2.37. The molecule has 0 aliphatic carbocycles. The van der Waals surface area contributed by atoms with Crippen molar-refractivity contribution < 1.29 is 9.26 Å². The highest BCUT2D eigenvalue weighted by Gasteiger charge is 2.39. The zero-order valence-corrected chi connectivity index (χ0v) is 12.3. The van der Waals surface area contributed by atoms with Crippen molar-refractivity contribution in [2.75, 3.05) is 6.54 Å². The van der Waals surface area contributed by atoms with Crippen molar-refractivity contribution in [3.8, 4) is 5.75 Å². The van der Waals surface area contributed by atoms with Gasteiger partial charge in [-0.25, -0.2) is 0 Å². The summed E-state index contributed by atoms with van der Waals surface area (Å²) in [6.45, 7) is 3.52. The number of hydrogen-bond acceptors (Lipinski definition) is 5. The Bertz CT molecular complexity index is 562. The lowest BCUT2D eigenvalue weighted by atomic mass is 9.92. The van der Waals surface area contributed by atoms with E-state index in [1.807, 2.05) is 30.3 Å². The lowest BCUT2D eigenvalue weighted by Gasteiger charge is -2.24. The van der Waals surface area contributed by atoms with Gasteiger partial charge in [-0.1, -0.05) is 36.7 Å². The molecule has 1 aliphatic heterocycles. The van der Waals surface area contributed by atoms with Crippen LogP contribution in [0.4, 0.5) is 0 Å². The molecular weight excluding hydrogens is 266 g/mol. The summed E-state index contributed by atoms with van der Waals surface area (Å²) < 4.78 is 11.1. The molecule has 1 atom stereocenters. The molecule has 0 radical (unpaired) electrons. The Hall–Kier alpha value is -1.88. The van der Waals surface area contributed by atoms with Gasteiger partial charge in [0.25, 0.3) is 0 Å². The van der Waals surface area contributed by atoms with Crippen molar-refractivity contribution in [2.24, 2.45) is 0 Å². The maximum absolute atomic E-state index is 5.66. The molecule has 1 aromatic heterocycles. The second kappa shape index (κ2) is 6.26. The molecule has 21 heavy (non-hydrogen) atoms. The van der Waals surface area contributed by atoms with Crippen molar-refractivity contribution in [1.82, 2.24) is 15.5 Å². The predicted molar refractivity (Wildman–Crippen MR) is 78.9 cm³/mol. The van der Waals surface area contributed by atoms with Gasteiger partial charge in [-0.05, 0) is 37.9 Å². The quantitative estimate of drug-likeness (QED) is 0.885. The fourth-order valence-corrected chi connectivity index (χ4v) is 2.91. The summed E-state index contributed by atoms with van der Waals surface area (Å²) >= 11 is 0. The SMILES string of the molecule is CCCC1(c2nc(COc3ccccc3)no2)CCCN1. The van der Waals surface area contributed by atoms with Crippen LogP contribution in [0.5, 0.6) is 5.75 Å². The highest BCUT2D eigenvalue weighted by molar-refractivity contribution is 5.21. The van der Waals surface area contributed by atoms with Gasteiger partial charge in [0.2, 0.25) is 11.7 Å². The van der Waals surface area contributed by atoms with Crippen molar-refractivity contribution in [3.63, 3.8) is 0 Å². The van der Waals surface area contributed by atoms with Gasteiger partial charge in [0.1, 0.15) is 5.75 Å². The van der Waals surface area contributed by atoms with E-state index < -0.39 is 0 Å². The number of para-hydroxylation sites is 1. The molecule has 1 aliphatic rings. The van der Waals surface area contributed by atoms with Crippen molar-refractivity contribution in [3.05, 3.63) is 42.0 Å².